The maximum Gasteiger partial charge on any atom is 0.148 e. The van der Waals surface area contributed by atoms with E-state index in [2.05, 4.69) is 10.2 Å². The number of sulfone groups is 1. The quantitative estimate of drug-likeness (QED) is 0.728. The van der Waals surface area contributed by atoms with E-state index in [1.54, 1.807) is 0 Å². The summed E-state index contributed by atoms with van der Waals surface area (Å²) in [4.78, 5) is 2.21. The van der Waals surface area contributed by atoms with Crippen LogP contribution in [0.3, 0.4) is 0 Å². The molecule has 86 valence electrons. The van der Waals surface area contributed by atoms with Gasteiger partial charge in [-0.3, -0.25) is 0 Å². The Balaban J connectivity index is 0.00000169. The third-order valence-corrected chi connectivity index (χ3v) is 3.14. The van der Waals surface area contributed by atoms with Gasteiger partial charge in [0.1, 0.15) is 9.84 Å². The van der Waals surface area contributed by atoms with E-state index in [0.29, 0.717) is 6.54 Å². The van der Waals surface area contributed by atoms with E-state index in [9.17, 15) is 8.42 Å². The van der Waals surface area contributed by atoms with Gasteiger partial charge in [0, 0.05) is 25.9 Å². The molecule has 0 spiro atoms. The fourth-order valence-electron chi connectivity index (χ4n) is 1.42. The number of hydrogen-bond donors (Lipinski definition) is 1. The van der Waals surface area contributed by atoms with Crippen molar-refractivity contribution in [2.24, 2.45) is 0 Å². The Morgan fingerprint density at radius 2 is 2.00 bits per heavy atom. The van der Waals surface area contributed by atoms with E-state index in [0.717, 1.165) is 32.6 Å². The predicted octanol–water partition coefficient (Wildman–Crippen LogP) is -0.0376. The SMILES string of the molecule is C.CS(=O)(=O)CCN1CCCNCC1. The highest BCUT2D eigenvalue weighted by molar-refractivity contribution is 7.90. The molecular weight excluding hydrogens is 200 g/mol. The Bertz CT molecular complexity index is 231. The van der Waals surface area contributed by atoms with Crippen molar-refractivity contribution in [2.45, 2.75) is 13.8 Å². The van der Waals surface area contributed by atoms with Crippen LogP contribution in [0.25, 0.3) is 0 Å². The summed E-state index contributed by atoms with van der Waals surface area (Å²) in [6.07, 6.45) is 2.41. The lowest BCUT2D eigenvalue weighted by molar-refractivity contribution is 0.309. The molecule has 1 heterocycles. The maximum atomic E-state index is 10.9. The first kappa shape index (κ1) is 13.9. The largest absolute Gasteiger partial charge is 0.315 e. The van der Waals surface area contributed by atoms with Crippen LogP contribution in [0.2, 0.25) is 0 Å². The van der Waals surface area contributed by atoms with E-state index < -0.39 is 9.84 Å². The van der Waals surface area contributed by atoms with Gasteiger partial charge in [0.05, 0.1) is 5.75 Å². The summed E-state index contributed by atoms with van der Waals surface area (Å²) in [6, 6.07) is 0. The summed E-state index contributed by atoms with van der Waals surface area (Å²) in [7, 11) is -2.80. The summed E-state index contributed by atoms with van der Waals surface area (Å²) in [5.74, 6) is 0.285. The van der Waals surface area contributed by atoms with E-state index in [4.69, 9.17) is 0 Å². The Morgan fingerprint density at radius 1 is 1.29 bits per heavy atom. The topological polar surface area (TPSA) is 49.4 Å². The average molecular weight is 222 g/mol. The zero-order valence-corrected chi connectivity index (χ0v) is 8.94. The van der Waals surface area contributed by atoms with Crippen molar-refractivity contribution in [2.75, 3.05) is 44.7 Å². The average Bonchev–Trinajstić information content (AvgIpc) is 2.26. The summed E-state index contributed by atoms with van der Waals surface area (Å²) < 4.78 is 21.8. The van der Waals surface area contributed by atoms with Crippen LogP contribution in [0, 0.1) is 0 Å². The van der Waals surface area contributed by atoms with E-state index in [1.165, 1.54) is 6.26 Å². The molecule has 0 saturated carbocycles. The molecule has 1 aliphatic rings. The minimum absolute atomic E-state index is 0. The van der Waals surface area contributed by atoms with Gasteiger partial charge in [-0.1, -0.05) is 7.43 Å². The highest BCUT2D eigenvalue weighted by Crippen LogP contribution is 1.96. The van der Waals surface area contributed by atoms with E-state index in [1.807, 2.05) is 0 Å². The third-order valence-electron chi connectivity index (χ3n) is 2.21. The van der Waals surface area contributed by atoms with Crippen molar-refractivity contribution in [1.29, 1.82) is 0 Å². The highest BCUT2D eigenvalue weighted by atomic mass is 32.2. The van der Waals surface area contributed by atoms with Crippen LogP contribution in [0.15, 0.2) is 0 Å². The molecule has 1 fully saturated rings. The van der Waals surface area contributed by atoms with Gasteiger partial charge in [-0.2, -0.15) is 0 Å². The maximum absolute atomic E-state index is 10.9. The van der Waals surface area contributed by atoms with Crippen LogP contribution in [0.4, 0.5) is 0 Å². The van der Waals surface area contributed by atoms with Crippen molar-refractivity contribution < 1.29 is 8.42 Å². The van der Waals surface area contributed by atoms with Crippen LogP contribution in [-0.2, 0) is 9.84 Å². The Morgan fingerprint density at radius 3 is 2.64 bits per heavy atom. The molecule has 0 aromatic carbocycles. The van der Waals surface area contributed by atoms with Gasteiger partial charge in [-0.25, -0.2) is 8.42 Å². The Kier molecular flexibility index (Phi) is 6.31. The summed E-state index contributed by atoms with van der Waals surface area (Å²) >= 11 is 0. The van der Waals surface area contributed by atoms with Crippen molar-refractivity contribution >= 4 is 9.84 Å². The molecule has 5 heteroatoms. The zero-order chi connectivity index (χ0) is 9.73. The highest BCUT2D eigenvalue weighted by Gasteiger charge is 2.10. The van der Waals surface area contributed by atoms with Gasteiger partial charge in [0.2, 0.25) is 0 Å². The number of hydrogen-bond acceptors (Lipinski definition) is 4. The van der Waals surface area contributed by atoms with Gasteiger partial charge in [0.15, 0.2) is 0 Å². The fourth-order valence-corrected chi connectivity index (χ4v) is 2.01. The van der Waals surface area contributed by atoms with Gasteiger partial charge in [0.25, 0.3) is 0 Å². The normalized spacial score (nSPS) is 19.8. The molecule has 1 rings (SSSR count). The second-order valence-corrected chi connectivity index (χ2v) is 5.83. The molecule has 4 nitrogen and oxygen atoms in total. The molecule has 0 amide bonds. The number of rotatable bonds is 3. The summed E-state index contributed by atoms with van der Waals surface area (Å²) in [5, 5.41) is 3.28. The first-order chi connectivity index (χ1) is 6.08. The fraction of sp³-hybridized carbons (Fsp3) is 1.00. The molecule has 0 atom stereocenters. The molecule has 0 aliphatic carbocycles. The minimum atomic E-state index is -2.80. The molecule has 0 radical (unpaired) electrons. The van der Waals surface area contributed by atoms with E-state index >= 15 is 0 Å². The van der Waals surface area contributed by atoms with Gasteiger partial charge in [-0.05, 0) is 19.5 Å². The van der Waals surface area contributed by atoms with Crippen LogP contribution < -0.4 is 5.32 Å². The molecular formula is C9H22N2O2S. The lowest BCUT2D eigenvalue weighted by Crippen LogP contribution is -2.32. The minimum Gasteiger partial charge on any atom is -0.315 e. The number of nitrogens with zero attached hydrogens (tertiary/aromatic N) is 1. The monoisotopic (exact) mass is 222 g/mol. The molecule has 0 aromatic rings. The predicted molar refractivity (Wildman–Crippen MR) is 60.4 cm³/mol. The van der Waals surface area contributed by atoms with E-state index in [-0.39, 0.29) is 13.2 Å². The third kappa shape index (κ3) is 6.34. The second kappa shape index (κ2) is 6.37. The van der Waals surface area contributed by atoms with Crippen molar-refractivity contribution in [3.63, 3.8) is 0 Å². The molecule has 1 N–H and O–H groups in total. The molecule has 14 heavy (non-hydrogen) atoms. The molecule has 0 bridgehead atoms. The molecule has 0 unspecified atom stereocenters. The lowest BCUT2D eigenvalue weighted by atomic mass is 10.4. The van der Waals surface area contributed by atoms with Crippen LogP contribution in [0.5, 0.6) is 0 Å². The van der Waals surface area contributed by atoms with Crippen molar-refractivity contribution in [3.8, 4) is 0 Å². The molecule has 1 saturated heterocycles. The Labute approximate surface area is 87.6 Å². The smallest absolute Gasteiger partial charge is 0.148 e. The van der Waals surface area contributed by atoms with Crippen LogP contribution >= 0.6 is 0 Å². The van der Waals surface area contributed by atoms with Crippen molar-refractivity contribution in [3.05, 3.63) is 0 Å². The van der Waals surface area contributed by atoms with Gasteiger partial charge >= 0.3 is 0 Å². The first-order valence-corrected chi connectivity index (χ1v) is 6.75. The van der Waals surface area contributed by atoms with Gasteiger partial charge in [-0.15, -0.1) is 0 Å². The summed E-state index contributed by atoms with van der Waals surface area (Å²) in [6.45, 7) is 4.69. The summed E-state index contributed by atoms with van der Waals surface area (Å²) in [5.41, 5.74) is 0. The first-order valence-electron chi connectivity index (χ1n) is 4.69. The van der Waals surface area contributed by atoms with Crippen molar-refractivity contribution in [1.82, 2.24) is 10.2 Å². The van der Waals surface area contributed by atoms with Crippen LogP contribution in [0.1, 0.15) is 13.8 Å². The Hall–Kier alpha value is -0.130. The second-order valence-electron chi connectivity index (χ2n) is 3.58. The molecule has 0 aromatic heterocycles. The molecule has 1 aliphatic heterocycles. The standard InChI is InChI=1S/C8H18N2O2S.CH4/c1-13(11,12)8-7-10-5-2-3-9-4-6-10;/h9H,2-8H2,1H3;1H4. The van der Waals surface area contributed by atoms with Gasteiger partial charge < -0.3 is 10.2 Å². The van der Waals surface area contributed by atoms with Crippen LogP contribution in [-0.4, -0.2) is 58.1 Å². The lowest BCUT2D eigenvalue weighted by Gasteiger charge is -2.18. The zero-order valence-electron chi connectivity index (χ0n) is 8.12. The number of nitrogens with one attached hydrogen (secondary N) is 1.